The first kappa shape index (κ1) is 20.8. The van der Waals surface area contributed by atoms with Gasteiger partial charge in [-0.15, -0.1) is 0 Å². The lowest BCUT2D eigenvalue weighted by atomic mass is 9.75. The first-order chi connectivity index (χ1) is 9.49. The maximum absolute atomic E-state index is 9.31. The van der Waals surface area contributed by atoms with Gasteiger partial charge in [0.2, 0.25) is 0 Å². The van der Waals surface area contributed by atoms with Gasteiger partial charge in [0.15, 0.2) is 0 Å². The zero-order valence-corrected chi connectivity index (χ0v) is 14.8. The molecule has 1 atom stereocenters. The van der Waals surface area contributed by atoms with Crippen molar-refractivity contribution in [3.05, 3.63) is 0 Å². The normalized spacial score (nSPS) is 15.3. The smallest absolute Gasteiger partial charge is 0.0629 e. The van der Waals surface area contributed by atoms with Gasteiger partial charge in [0.05, 0.1) is 31.8 Å². The van der Waals surface area contributed by atoms with E-state index in [0.717, 1.165) is 12.8 Å². The average Bonchev–Trinajstić information content (AvgIpc) is 2.36. The van der Waals surface area contributed by atoms with E-state index in [0.29, 0.717) is 17.9 Å². The zero-order chi connectivity index (χ0) is 16.7. The van der Waals surface area contributed by atoms with E-state index in [4.69, 9.17) is 4.74 Å². The molecule has 0 radical (unpaired) electrons. The van der Waals surface area contributed by atoms with E-state index in [1.54, 1.807) is 0 Å². The van der Waals surface area contributed by atoms with Crippen molar-refractivity contribution in [2.24, 2.45) is 22.2 Å². The lowest BCUT2D eigenvalue weighted by Crippen LogP contribution is -2.39. The monoisotopic (exact) mass is 304 g/mol. The maximum Gasteiger partial charge on any atom is 0.0629 e. The average molecular weight is 304 g/mol. The van der Waals surface area contributed by atoms with Crippen LogP contribution in [-0.4, -0.2) is 48.4 Å². The van der Waals surface area contributed by atoms with Crippen LogP contribution in [0.25, 0.3) is 0 Å². The van der Waals surface area contributed by atoms with E-state index in [2.05, 4.69) is 41.5 Å². The third kappa shape index (κ3) is 8.15. The first-order valence-corrected chi connectivity index (χ1v) is 7.90. The summed E-state index contributed by atoms with van der Waals surface area (Å²) in [6.45, 7) is 13.3. The van der Waals surface area contributed by atoms with E-state index in [9.17, 15) is 15.3 Å². The fraction of sp³-hybridized carbons (Fsp3) is 1.00. The molecule has 0 amide bonds. The molecule has 0 rings (SSSR count). The van der Waals surface area contributed by atoms with Crippen LogP contribution in [0.3, 0.4) is 0 Å². The van der Waals surface area contributed by atoms with E-state index < -0.39 is 5.41 Å². The van der Waals surface area contributed by atoms with Gasteiger partial charge in [0, 0.05) is 6.61 Å². The van der Waals surface area contributed by atoms with Crippen LogP contribution in [0.1, 0.15) is 54.4 Å². The molecule has 0 heterocycles. The summed E-state index contributed by atoms with van der Waals surface area (Å²) < 4.78 is 5.75. The van der Waals surface area contributed by atoms with E-state index in [1.807, 2.05) is 0 Å². The fourth-order valence-corrected chi connectivity index (χ4v) is 2.08. The largest absolute Gasteiger partial charge is 0.396 e. The van der Waals surface area contributed by atoms with Gasteiger partial charge in [-0.05, 0) is 29.6 Å². The Hall–Kier alpha value is -0.160. The van der Waals surface area contributed by atoms with Crippen molar-refractivity contribution >= 4 is 0 Å². The van der Waals surface area contributed by atoms with Crippen molar-refractivity contribution in [2.45, 2.75) is 54.4 Å². The molecule has 1 unspecified atom stereocenters. The fourth-order valence-electron chi connectivity index (χ4n) is 2.08. The summed E-state index contributed by atoms with van der Waals surface area (Å²) in [7, 11) is 0. The molecular weight excluding hydrogens is 268 g/mol. The minimum atomic E-state index is -0.938. The molecule has 0 saturated heterocycles. The first-order valence-electron chi connectivity index (χ1n) is 7.90. The SMILES string of the molecule is CC(C)(C)CCC(COCC(CO)(CO)CO)C(C)(C)C. The second-order valence-corrected chi connectivity index (χ2v) is 8.65. The Bertz CT molecular complexity index is 263. The van der Waals surface area contributed by atoms with E-state index >= 15 is 0 Å². The summed E-state index contributed by atoms with van der Waals surface area (Å²) in [6, 6.07) is 0. The van der Waals surface area contributed by atoms with E-state index in [-0.39, 0.29) is 31.8 Å². The van der Waals surface area contributed by atoms with Gasteiger partial charge in [0.25, 0.3) is 0 Å². The molecule has 0 aromatic heterocycles. The molecule has 0 spiro atoms. The highest BCUT2D eigenvalue weighted by molar-refractivity contribution is 4.79. The predicted octanol–water partition coefficient (Wildman–Crippen LogP) is 2.45. The standard InChI is InChI=1S/C17H36O4/c1-15(2,3)8-7-14(16(4,5)6)9-21-13-17(10-18,11-19)12-20/h14,18-20H,7-13H2,1-6H3. The molecule has 4 heteroatoms. The highest BCUT2D eigenvalue weighted by Gasteiger charge is 2.31. The third-order valence-corrected chi connectivity index (χ3v) is 4.20. The van der Waals surface area contributed by atoms with Gasteiger partial charge in [-0.2, -0.15) is 0 Å². The minimum Gasteiger partial charge on any atom is -0.396 e. The number of aliphatic hydroxyl groups is 3. The van der Waals surface area contributed by atoms with E-state index in [1.165, 1.54) is 0 Å². The van der Waals surface area contributed by atoms with Crippen LogP contribution in [0.15, 0.2) is 0 Å². The Balaban J connectivity index is 4.50. The Kier molecular flexibility index (Phi) is 8.40. The van der Waals surface area contributed by atoms with Crippen LogP contribution in [0.4, 0.5) is 0 Å². The second kappa shape index (κ2) is 8.47. The van der Waals surface area contributed by atoms with Crippen molar-refractivity contribution in [1.82, 2.24) is 0 Å². The number of ether oxygens (including phenoxy) is 1. The molecule has 4 nitrogen and oxygen atoms in total. The molecule has 21 heavy (non-hydrogen) atoms. The van der Waals surface area contributed by atoms with Crippen molar-refractivity contribution < 1.29 is 20.1 Å². The second-order valence-electron chi connectivity index (χ2n) is 8.65. The quantitative estimate of drug-likeness (QED) is 0.612. The third-order valence-electron chi connectivity index (χ3n) is 4.20. The Morgan fingerprint density at radius 1 is 0.857 bits per heavy atom. The van der Waals surface area contributed by atoms with Gasteiger partial charge in [-0.1, -0.05) is 41.5 Å². The summed E-state index contributed by atoms with van der Waals surface area (Å²) in [5.74, 6) is 0.408. The molecule has 0 bridgehead atoms. The minimum absolute atomic E-state index is 0.144. The summed E-state index contributed by atoms with van der Waals surface area (Å²) in [5, 5.41) is 27.9. The van der Waals surface area contributed by atoms with Crippen molar-refractivity contribution in [3.8, 4) is 0 Å². The molecule has 128 valence electrons. The Morgan fingerprint density at radius 3 is 1.67 bits per heavy atom. The van der Waals surface area contributed by atoms with Gasteiger partial charge in [-0.3, -0.25) is 0 Å². The molecule has 0 aliphatic carbocycles. The number of aliphatic hydroxyl groups excluding tert-OH is 3. The van der Waals surface area contributed by atoms with Crippen molar-refractivity contribution in [2.75, 3.05) is 33.0 Å². The molecule has 0 aliphatic rings. The van der Waals surface area contributed by atoms with Gasteiger partial charge in [0.1, 0.15) is 0 Å². The van der Waals surface area contributed by atoms with Gasteiger partial charge >= 0.3 is 0 Å². The lowest BCUT2D eigenvalue weighted by molar-refractivity contribution is -0.0719. The summed E-state index contributed by atoms with van der Waals surface area (Å²) >= 11 is 0. The zero-order valence-electron chi connectivity index (χ0n) is 14.8. The van der Waals surface area contributed by atoms with Gasteiger partial charge < -0.3 is 20.1 Å². The van der Waals surface area contributed by atoms with Crippen LogP contribution in [0, 0.1) is 22.2 Å². The highest BCUT2D eigenvalue weighted by atomic mass is 16.5. The molecule has 0 aromatic rings. The molecule has 0 saturated carbocycles. The van der Waals surface area contributed by atoms with Crippen molar-refractivity contribution in [3.63, 3.8) is 0 Å². The Labute approximate surface area is 130 Å². The lowest BCUT2D eigenvalue weighted by Gasteiger charge is -2.34. The topological polar surface area (TPSA) is 69.9 Å². The molecule has 0 aromatic carbocycles. The number of hydrogen-bond acceptors (Lipinski definition) is 4. The van der Waals surface area contributed by atoms with Gasteiger partial charge in [-0.25, -0.2) is 0 Å². The van der Waals surface area contributed by atoms with Crippen LogP contribution in [-0.2, 0) is 4.74 Å². The van der Waals surface area contributed by atoms with Crippen LogP contribution < -0.4 is 0 Å². The summed E-state index contributed by atoms with van der Waals surface area (Å²) in [4.78, 5) is 0. The van der Waals surface area contributed by atoms with Crippen LogP contribution >= 0.6 is 0 Å². The van der Waals surface area contributed by atoms with Crippen LogP contribution in [0.2, 0.25) is 0 Å². The van der Waals surface area contributed by atoms with Crippen LogP contribution in [0.5, 0.6) is 0 Å². The molecule has 3 N–H and O–H groups in total. The Morgan fingerprint density at radius 2 is 1.33 bits per heavy atom. The highest BCUT2D eigenvalue weighted by Crippen LogP contribution is 2.34. The summed E-state index contributed by atoms with van der Waals surface area (Å²) in [5.41, 5.74) is -0.493. The maximum atomic E-state index is 9.31. The molecule has 0 fully saturated rings. The summed E-state index contributed by atoms with van der Waals surface area (Å²) in [6.07, 6.45) is 2.21. The molecular formula is C17H36O4. The molecule has 0 aliphatic heterocycles. The van der Waals surface area contributed by atoms with Crippen molar-refractivity contribution in [1.29, 1.82) is 0 Å². The number of rotatable bonds is 9. The predicted molar refractivity (Wildman–Crippen MR) is 86.1 cm³/mol. The number of hydrogen-bond donors (Lipinski definition) is 3.